The fourth-order valence-electron chi connectivity index (χ4n) is 1.42. The lowest BCUT2D eigenvalue weighted by molar-refractivity contribution is 0.0943. The number of halogens is 1. The van der Waals surface area contributed by atoms with Crippen molar-refractivity contribution >= 4 is 26.0 Å². The summed E-state index contributed by atoms with van der Waals surface area (Å²) in [7, 11) is -3.27. The van der Waals surface area contributed by atoms with Crippen LogP contribution in [0, 0.1) is 0 Å². The maximum absolute atomic E-state index is 11.2. The minimum atomic E-state index is -3.27. The molecule has 7 heteroatoms. The van der Waals surface area contributed by atoms with Gasteiger partial charge in [-0.05, 0) is 12.1 Å². The molecule has 1 aliphatic heterocycles. The van der Waals surface area contributed by atoms with Crippen molar-refractivity contribution < 1.29 is 17.9 Å². The van der Waals surface area contributed by atoms with Crippen LogP contribution in [0.2, 0.25) is 0 Å². The van der Waals surface area contributed by atoms with Crippen molar-refractivity contribution in [3.8, 4) is 11.5 Å². The van der Waals surface area contributed by atoms with E-state index in [1.807, 2.05) is 18.2 Å². The highest BCUT2D eigenvalue weighted by Crippen LogP contribution is 2.30. The first kappa shape index (κ1) is 12.7. The molecular weight excluding hydrogens is 310 g/mol. The summed E-state index contributed by atoms with van der Waals surface area (Å²) in [6.07, 6.45) is -0.307. The van der Waals surface area contributed by atoms with Gasteiger partial charge < -0.3 is 9.47 Å². The lowest BCUT2D eigenvalue weighted by Gasteiger charge is -2.26. The zero-order valence-corrected chi connectivity index (χ0v) is 11.3. The number of rotatable bonds is 4. The summed E-state index contributed by atoms with van der Waals surface area (Å²) in [6, 6.07) is 7.30. The summed E-state index contributed by atoms with van der Waals surface area (Å²) >= 11 is 2.90. The molecule has 17 heavy (non-hydrogen) atoms. The largest absolute Gasteiger partial charge is 0.486 e. The Morgan fingerprint density at radius 2 is 2.06 bits per heavy atom. The molecule has 0 saturated carbocycles. The number of hydrogen-bond acceptors (Lipinski definition) is 4. The van der Waals surface area contributed by atoms with Crippen LogP contribution in [-0.2, 0) is 10.0 Å². The zero-order valence-electron chi connectivity index (χ0n) is 8.93. The van der Waals surface area contributed by atoms with Crippen molar-refractivity contribution in [2.45, 2.75) is 6.10 Å². The van der Waals surface area contributed by atoms with Crippen LogP contribution < -0.4 is 14.2 Å². The van der Waals surface area contributed by atoms with E-state index in [1.54, 1.807) is 6.07 Å². The van der Waals surface area contributed by atoms with E-state index in [0.29, 0.717) is 18.1 Å². The average molecular weight is 322 g/mol. The number of hydrogen-bond donors (Lipinski definition) is 1. The summed E-state index contributed by atoms with van der Waals surface area (Å²) in [5.41, 5.74) is 0. The van der Waals surface area contributed by atoms with Gasteiger partial charge in [-0.2, -0.15) is 0 Å². The van der Waals surface area contributed by atoms with Crippen LogP contribution in [0.5, 0.6) is 11.5 Å². The number of alkyl halides is 1. The molecule has 1 aromatic rings. The van der Waals surface area contributed by atoms with Crippen molar-refractivity contribution in [2.75, 3.05) is 17.8 Å². The molecule has 1 unspecified atom stereocenters. The van der Waals surface area contributed by atoms with Crippen LogP contribution in [0.4, 0.5) is 0 Å². The van der Waals surface area contributed by atoms with Crippen LogP contribution >= 0.6 is 15.9 Å². The highest BCUT2D eigenvalue weighted by Gasteiger charge is 2.22. The molecule has 0 aliphatic carbocycles. The Morgan fingerprint density at radius 1 is 1.35 bits per heavy atom. The van der Waals surface area contributed by atoms with E-state index in [1.165, 1.54) is 0 Å². The van der Waals surface area contributed by atoms with E-state index in [-0.39, 0.29) is 17.3 Å². The fraction of sp³-hybridized carbons (Fsp3) is 0.400. The van der Waals surface area contributed by atoms with Crippen LogP contribution in [0.1, 0.15) is 0 Å². The van der Waals surface area contributed by atoms with Gasteiger partial charge in [0.1, 0.15) is 17.4 Å². The van der Waals surface area contributed by atoms with Gasteiger partial charge in [0.25, 0.3) is 0 Å². The fourth-order valence-corrected chi connectivity index (χ4v) is 2.42. The van der Waals surface area contributed by atoms with E-state index >= 15 is 0 Å². The lowest BCUT2D eigenvalue weighted by atomic mass is 10.2. The first-order valence-corrected chi connectivity index (χ1v) is 7.80. The molecule has 94 valence electrons. The number of nitrogens with one attached hydrogen (secondary N) is 1. The minimum absolute atomic E-state index is 0.121. The van der Waals surface area contributed by atoms with Gasteiger partial charge >= 0.3 is 0 Å². The van der Waals surface area contributed by atoms with Crippen molar-refractivity contribution in [3.63, 3.8) is 0 Å². The standard InChI is InChI=1S/C10H12BrNO4S/c11-7-17(13,14)12-5-8-6-15-9-3-1-2-4-10(9)16-8/h1-4,8,12H,5-7H2. The zero-order chi connectivity index (χ0) is 12.3. The summed E-state index contributed by atoms with van der Waals surface area (Å²) < 4.78 is 35.8. The number of ether oxygens (including phenoxy) is 2. The first-order chi connectivity index (χ1) is 8.11. The summed E-state index contributed by atoms with van der Waals surface area (Å²) in [5.74, 6) is 1.33. The third-order valence-electron chi connectivity index (χ3n) is 2.24. The van der Waals surface area contributed by atoms with Gasteiger partial charge in [0.05, 0.1) is 6.54 Å². The highest BCUT2D eigenvalue weighted by molar-refractivity contribution is 9.10. The molecular formula is C10H12BrNO4S. The Hall–Kier alpha value is -0.790. The topological polar surface area (TPSA) is 64.6 Å². The smallest absolute Gasteiger partial charge is 0.221 e. The second-order valence-corrected chi connectivity index (χ2v) is 6.68. The predicted molar refractivity (Wildman–Crippen MR) is 67.1 cm³/mol. The third kappa shape index (κ3) is 3.34. The lowest BCUT2D eigenvalue weighted by Crippen LogP contribution is -2.40. The van der Waals surface area contributed by atoms with Crippen molar-refractivity contribution in [2.24, 2.45) is 0 Å². The monoisotopic (exact) mass is 321 g/mol. The van der Waals surface area contributed by atoms with Crippen molar-refractivity contribution in [1.82, 2.24) is 4.72 Å². The molecule has 1 aromatic carbocycles. The Bertz CT molecular complexity index is 491. The van der Waals surface area contributed by atoms with E-state index in [9.17, 15) is 8.42 Å². The predicted octanol–water partition coefficient (Wildman–Crippen LogP) is 1.10. The van der Waals surface area contributed by atoms with Crippen LogP contribution in [0.15, 0.2) is 24.3 Å². The average Bonchev–Trinajstić information content (AvgIpc) is 2.36. The molecule has 2 rings (SSSR count). The summed E-state index contributed by atoms with van der Waals surface area (Å²) in [6.45, 7) is 0.532. The first-order valence-electron chi connectivity index (χ1n) is 5.02. The molecule has 1 heterocycles. The van der Waals surface area contributed by atoms with Crippen molar-refractivity contribution in [1.29, 1.82) is 0 Å². The molecule has 0 saturated heterocycles. The Labute approximate surface area is 108 Å². The summed E-state index contributed by atoms with van der Waals surface area (Å²) in [4.78, 5) is 0. The SMILES string of the molecule is O=S(=O)(CBr)NCC1COc2ccccc2O1. The summed E-state index contributed by atoms with van der Waals surface area (Å²) in [5, 5.41) is 0. The number of sulfonamides is 1. The van der Waals surface area contributed by atoms with Gasteiger partial charge in [-0.3, -0.25) is 0 Å². The normalized spacial score (nSPS) is 19.0. The molecule has 0 bridgehead atoms. The Balaban J connectivity index is 1.95. The molecule has 5 nitrogen and oxygen atoms in total. The van der Waals surface area contributed by atoms with E-state index < -0.39 is 10.0 Å². The Kier molecular flexibility index (Phi) is 3.90. The maximum Gasteiger partial charge on any atom is 0.221 e. The van der Waals surface area contributed by atoms with Crippen LogP contribution in [-0.4, -0.2) is 32.3 Å². The number of para-hydroxylation sites is 2. The molecule has 0 amide bonds. The van der Waals surface area contributed by atoms with Gasteiger partial charge in [0.15, 0.2) is 11.5 Å². The second-order valence-electron chi connectivity index (χ2n) is 3.57. The molecule has 0 aromatic heterocycles. The second kappa shape index (κ2) is 5.24. The quantitative estimate of drug-likeness (QED) is 0.843. The molecule has 0 fully saturated rings. The van der Waals surface area contributed by atoms with E-state index in [0.717, 1.165) is 0 Å². The van der Waals surface area contributed by atoms with Gasteiger partial charge in [0, 0.05) is 0 Å². The molecule has 0 radical (unpaired) electrons. The van der Waals surface area contributed by atoms with Crippen LogP contribution in [0.3, 0.4) is 0 Å². The van der Waals surface area contributed by atoms with Gasteiger partial charge in [-0.1, -0.05) is 28.1 Å². The van der Waals surface area contributed by atoms with Crippen molar-refractivity contribution in [3.05, 3.63) is 24.3 Å². The number of fused-ring (bicyclic) bond motifs is 1. The number of benzene rings is 1. The maximum atomic E-state index is 11.2. The van der Waals surface area contributed by atoms with Gasteiger partial charge in [-0.15, -0.1) is 0 Å². The third-order valence-corrected chi connectivity index (χ3v) is 4.94. The van der Waals surface area contributed by atoms with Crippen LogP contribution in [0.25, 0.3) is 0 Å². The minimum Gasteiger partial charge on any atom is -0.486 e. The molecule has 1 aliphatic rings. The van der Waals surface area contributed by atoms with E-state index in [2.05, 4.69) is 20.7 Å². The molecule has 1 atom stereocenters. The Morgan fingerprint density at radius 3 is 2.76 bits per heavy atom. The van der Waals surface area contributed by atoms with E-state index in [4.69, 9.17) is 9.47 Å². The highest BCUT2D eigenvalue weighted by atomic mass is 79.9. The van der Waals surface area contributed by atoms with Gasteiger partial charge in [-0.25, -0.2) is 13.1 Å². The molecule has 1 N–H and O–H groups in total. The van der Waals surface area contributed by atoms with Gasteiger partial charge in [0.2, 0.25) is 10.0 Å². The molecule has 0 spiro atoms.